The second kappa shape index (κ2) is 8.62. The number of aryl methyl sites for hydroxylation is 6. The van der Waals surface area contributed by atoms with Gasteiger partial charge in [0.25, 0.3) is 0 Å². The third kappa shape index (κ3) is 3.61. The number of nitrogens with zero attached hydrogens (tertiary/aromatic N) is 4. The first-order chi connectivity index (χ1) is 18.1. The summed E-state index contributed by atoms with van der Waals surface area (Å²) in [7, 11) is 0. The van der Waals surface area contributed by atoms with E-state index >= 15 is 0 Å². The molecule has 0 bridgehead atoms. The van der Waals surface area contributed by atoms with E-state index in [-0.39, 0.29) is 0 Å². The molecular formula is C32H36N4O2. The quantitative estimate of drug-likeness (QED) is 0.423. The highest BCUT2D eigenvalue weighted by Crippen LogP contribution is 2.48. The summed E-state index contributed by atoms with van der Waals surface area (Å²) >= 11 is 0. The molecular weight excluding hydrogens is 472 g/mol. The zero-order valence-electron chi connectivity index (χ0n) is 23.4. The lowest BCUT2D eigenvalue weighted by Gasteiger charge is -2.39. The van der Waals surface area contributed by atoms with Gasteiger partial charge in [-0.15, -0.1) is 0 Å². The average molecular weight is 509 g/mol. The van der Waals surface area contributed by atoms with Crippen molar-refractivity contribution in [2.24, 2.45) is 10.3 Å². The molecule has 196 valence electrons. The van der Waals surface area contributed by atoms with E-state index in [1.165, 1.54) is 33.4 Å². The Balaban J connectivity index is 1.47. The Morgan fingerprint density at radius 2 is 1.13 bits per heavy atom. The van der Waals surface area contributed by atoms with Crippen molar-refractivity contribution in [3.05, 3.63) is 105 Å². The van der Waals surface area contributed by atoms with Crippen molar-refractivity contribution in [2.45, 2.75) is 66.3 Å². The number of benzene rings is 3. The molecule has 0 N–H and O–H groups in total. The van der Waals surface area contributed by atoms with Gasteiger partial charge in [0.05, 0.1) is 6.42 Å². The van der Waals surface area contributed by atoms with Gasteiger partial charge in [0.1, 0.15) is 0 Å². The normalized spacial score (nSPS) is 24.2. The van der Waals surface area contributed by atoms with Crippen LogP contribution < -0.4 is 0 Å². The van der Waals surface area contributed by atoms with Crippen molar-refractivity contribution < 1.29 is 9.68 Å². The smallest absolute Gasteiger partial charge is 0.243 e. The number of rotatable bonds is 3. The SMILES string of the molecule is Cc1cc(C)c(C2=NOC3(C)CC4(c5ccccc5)ON=C(c5c(C)cc(C)cc5C)N4CCN23)c(C)c1. The lowest BCUT2D eigenvalue weighted by atomic mass is 9.90. The van der Waals surface area contributed by atoms with Crippen LogP contribution in [0.5, 0.6) is 0 Å². The van der Waals surface area contributed by atoms with Crippen LogP contribution in [0.2, 0.25) is 0 Å². The second-order valence-electron chi connectivity index (χ2n) is 11.4. The molecule has 1 saturated heterocycles. The van der Waals surface area contributed by atoms with Gasteiger partial charge in [-0.1, -0.05) is 76.0 Å². The highest BCUT2D eigenvalue weighted by Gasteiger charge is 2.59. The molecule has 3 aromatic carbocycles. The summed E-state index contributed by atoms with van der Waals surface area (Å²) in [6, 6.07) is 19.3. The first kappa shape index (κ1) is 24.5. The number of amidine groups is 2. The van der Waals surface area contributed by atoms with E-state index < -0.39 is 11.4 Å². The van der Waals surface area contributed by atoms with Crippen LogP contribution in [-0.2, 0) is 15.4 Å². The zero-order chi connectivity index (χ0) is 26.8. The van der Waals surface area contributed by atoms with Gasteiger partial charge >= 0.3 is 0 Å². The maximum atomic E-state index is 6.55. The highest BCUT2D eigenvalue weighted by molar-refractivity contribution is 6.03. The molecule has 3 aromatic rings. The molecule has 3 aliphatic heterocycles. The highest BCUT2D eigenvalue weighted by atomic mass is 16.7. The lowest BCUT2D eigenvalue weighted by Crippen LogP contribution is -2.51. The van der Waals surface area contributed by atoms with Gasteiger partial charge in [0, 0.05) is 29.8 Å². The first-order valence-electron chi connectivity index (χ1n) is 13.4. The molecule has 2 unspecified atom stereocenters. The molecule has 6 nitrogen and oxygen atoms in total. The fourth-order valence-corrected chi connectivity index (χ4v) is 6.82. The topological polar surface area (TPSA) is 49.7 Å². The van der Waals surface area contributed by atoms with Crippen molar-refractivity contribution in [1.82, 2.24) is 9.80 Å². The molecule has 38 heavy (non-hydrogen) atoms. The van der Waals surface area contributed by atoms with Gasteiger partial charge in [-0.3, -0.25) is 0 Å². The van der Waals surface area contributed by atoms with Gasteiger partial charge in [-0.05, 0) is 70.7 Å². The average Bonchev–Trinajstić information content (AvgIpc) is 3.31. The Morgan fingerprint density at radius 1 is 0.658 bits per heavy atom. The van der Waals surface area contributed by atoms with E-state index in [1.807, 2.05) is 6.07 Å². The fraction of sp³-hybridized carbons (Fsp3) is 0.375. The molecule has 3 aliphatic rings. The molecule has 1 fully saturated rings. The molecule has 0 spiro atoms. The van der Waals surface area contributed by atoms with E-state index in [1.54, 1.807) is 0 Å². The number of fused-ring (bicyclic) bond motifs is 2. The second-order valence-corrected chi connectivity index (χ2v) is 11.4. The van der Waals surface area contributed by atoms with Gasteiger partial charge in [0.15, 0.2) is 11.7 Å². The fourth-order valence-electron chi connectivity index (χ4n) is 6.82. The predicted molar refractivity (Wildman–Crippen MR) is 151 cm³/mol. The van der Waals surface area contributed by atoms with Crippen LogP contribution in [0.25, 0.3) is 0 Å². The van der Waals surface area contributed by atoms with Crippen molar-refractivity contribution >= 4 is 11.7 Å². The third-order valence-electron chi connectivity index (χ3n) is 8.27. The first-order valence-corrected chi connectivity index (χ1v) is 13.4. The van der Waals surface area contributed by atoms with E-state index in [0.29, 0.717) is 13.0 Å². The minimum absolute atomic E-state index is 0.540. The van der Waals surface area contributed by atoms with Crippen molar-refractivity contribution in [2.75, 3.05) is 13.1 Å². The molecule has 0 saturated carbocycles. The maximum Gasteiger partial charge on any atom is 0.243 e. The Hall–Kier alpha value is -3.80. The van der Waals surface area contributed by atoms with Crippen LogP contribution >= 0.6 is 0 Å². The van der Waals surface area contributed by atoms with Crippen molar-refractivity contribution in [3.63, 3.8) is 0 Å². The van der Waals surface area contributed by atoms with Gasteiger partial charge in [0.2, 0.25) is 11.4 Å². The summed E-state index contributed by atoms with van der Waals surface area (Å²) in [4.78, 5) is 17.6. The molecule has 0 radical (unpaired) electrons. The Kier molecular flexibility index (Phi) is 5.56. The summed E-state index contributed by atoms with van der Waals surface area (Å²) in [5.41, 5.74) is 9.16. The van der Waals surface area contributed by atoms with Crippen LogP contribution in [-0.4, -0.2) is 40.3 Å². The lowest BCUT2D eigenvalue weighted by molar-refractivity contribution is -0.170. The summed E-state index contributed by atoms with van der Waals surface area (Å²) in [6.07, 6.45) is 0.540. The van der Waals surface area contributed by atoms with Crippen LogP contribution in [0.1, 0.15) is 63.4 Å². The standard InChI is InChI=1S/C32H36N4O2/c1-20-15-22(3)27(23(4)16-20)29-33-37-31(7)19-32(26-11-9-8-10-12-26)36(14-13-35(29)31)30(34-38-32)28-24(5)17-21(2)18-25(28)6/h8-12,15-18H,13-14,19H2,1-7H3. The third-order valence-corrected chi connectivity index (χ3v) is 8.27. The summed E-state index contributed by atoms with van der Waals surface area (Å²) in [5.74, 6) is 1.78. The molecule has 6 heteroatoms. The van der Waals surface area contributed by atoms with Gasteiger partial charge in [-0.25, -0.2) is 0 Å². The minimum atomic E-state index is -0.813. The van der Waals surface area contributed by atoms with Crippen molar-refractivity contribution in [3.8, 4) is 0 Å². The van der Waals surface area contributed by atoms with Crippen LogP contribution in [0.4, 0.5) is 0 Å². The number of oxime groups is 2. The van der Waals surface area contributed by atoms with Gasteiger partial charge < -0.3 is 19.5 Å². The molecule has 0 aromatic heterocycles. The predicted octanol–water partition coefficient (Wildman–Crippen LogP) is 6.20. The monoisotopic (exact) mass is 508 g/mol. The molecule has 6 rings (SSSR count). The van der Waals surface area contributed by atoms with Gasteiger partial charge in [-0.2, -0.15) is 0 Å². The van der Waals surface area contributed by atoms with Crippen molar-refractivity contribution in [1.29, 1.82) is 0 Å². The molecule has 3 heterocycles. The van der Waals surface area contributed by atoms with Crippen LogP contribution in [0, 0.1) is 41.5 Å². The maximum absolute atomic E-state index is 6.55. The summed E-state index contributed by atoms with van der Waals surface area (Å²) in [6.45, 7) is 16.5. The van der Waals surface area contributed by atoms with E-state index in [2.05, 4.69) is 107 Å². The van der Waals surface area contributed by atoms with E-state index in [9.17, 15) is 0 Å². The molecule has 0 amide bonds. The minimum Gasteiger partial charge on any atom is -0.365 e. The number of hydrogen-bond acceptors (Lipinski definition) is 6. The summed E-state index contributed by atoms with van der Waals surface area (Å²) < 4.78 is 0. The largest absolute Gasteiger partial charge is 0.365 e. The molecule has 2 atom stereocenters. The van der Waals surface area contributed by atoms with Crippen LogP contribution in [0.15, 0.2) is 64.9 Å². The number of hydrogen-bond donors (Lipinski definition) is 0. The Bertz CT molecular complexity index is 1450. The zero-order valence-corrected chi connectivity index (χ0v) is 23.4. The van der Waals surface area contributed by atoms with Crippen LogP contribution in [0.3, 0.4) is 0 Å². The van der Waals surface area contributed by atoms with E-state index in [0.717, 1.165) is 34.9 Å². The Labute approximate surface area is 225 Å². The van der Waals surface area contributed by atoms with E-state index in [4.69, 9.17) is 20.0 Å². The Morgan fingerprint density at radius 3 is 1.68 bits per heavy atom. The molecule has 0 aliphatic carbocycles. The summed E-state index contributed by atoms with van der Waals surface area (Å²) in [5, 5.41) is 9.48.